The quantitative estimate of drug-likeness (QED) is 0.809. The fraction of sp³-hybridized carbons (Fsp3) is 0.714. The molecule has 1 atom stereocenters. The Balaban J connectivity index is 1.44. The summed E-state index contributed by atoms with van der Waals surface area (Å²) in [5.74, 6) is 0.907. The van der Waals surface area contributed by atoms with E-state index >= 15 is 0 Å². The largest absolute Gasteiger partial charge is 0.301 e. The standard InChI is InChI=1S/C21H34N4O2S/c1-21(2,3)18-6-8-19(9-7-18)28(26,27)25-11-10-22-20(25)24-14-12-23(13-15-24)16-17-4-5-17/h6-9,17,20,22H,4-5,10-16H2,1-3H3. The molecule has 0 aromatic heterocycles. The number of benzene rings is 1. The van der Waals surface area contributed by atoms with Crippen LogP contribution in [-0.2, 0) is 15.4 Å². The first kappa shape index (κ1) is 20.3. The maximum absolute atomic E-state index is 13.3. The van der Waals surface area contributed by atoms with Crippen LogP contribution in [0.4, 0.5) is 0 Å². The first-order valence-corrected chi connectivity index (χ1v) is 12.0. The highest BCUT2D eigenvalue weighted by Crippen LogP contribution is 2.30. The van der Waals surface area contributed by atoms with Gasteiger partial charge in [-0.3, -0.25) is 10.2 Å². The van der Waals surface area contributed by atoms with Crippen LogP contribution >= 0.6 is 0 Å². The van der Waals surface area contributed by atoms with Gasteiger partial charge in [-0.05, 0) is 41.9 Å². The molecule has 0 radical (unpaired) electrons. The third-order valence-electron chi connectivity index (χ3n) is 6.22. The Bertz CT molecular complexity index is 776. The summed E-state index contributed by atoms with van der Waals surface area (Å²) in [6, 6.07) is 7.42. The van der Waals surface area contributed by atoms with Crippen molar-refractivity contribution in [1.29, 1.82) is 0 Å². The molecular formula is C21H34N4O2S. The van der Waals surface area contributed by atoms with E-state index in [4.69, 9.17) is 0 Å². The third-order valence-corrected chi connectivity index (χ3v) is 8.09. The smallest absolute Gasteiger partial charge is 0.245 e. The zero-order valence-electron chi connectivity index (χ0n) is 17.4. The van der Waals surface area contributed by atoms with Crippen LogP contribution in [0.1, 0.15) is 39.2 Å². The highest BCUT2D eigenvalue weighted by atomic mass is 32.2. The predicted molar refractivity (Wildman–Crippen MR) is 112 cm³/mol. The lowest BCUT2D eigenvalue weighted by molar-refractivity contribution is 0.0496. The number of hydrogen-bond acceptors (Lipinski definition) is 5. The molecule has 28 heavy (non-hydrogen) atoms. The van der Waals surface area contributed by atoms with Gasteiger partial charge in [0.05, 0.1) is 4.90 Å². The Kier molecular flexibility index (Phi) is 5.57. The Morgan fingerprint density at radius 1 is 1.00 bits per heavy atom. The maximum Gasteiger partial charge on any atom is 0.245 e. The first-order valence-electron chi connectivity index (χ1n) is 10.6. The van der Waals surface area contributed by atoms with Crippen LogP contribution in [0.25, 0.3) is 0 Å². The van der Waals surface area contributed by atoms with Crippen LogP contribution in [0.2, 0.25) is 0 Å². The first-order chi connectivity index (χ1) is 13.2. The number of nitrogens with one attached hydrogen (secondary N) is 1. The normalized spacial score (nSPS) is 26.0. The monoisotopic (exact) mass is 406 g/mol. The van der Waals surface area contributed by atoms with Crippen molar-refractivity contribution in [1.82, 2.24) is 19.4 Å². The maximum atomic E-state index is 13.3. The lowest BCUT2D eigenvalue weighted by Gasteiger charge is -2.40. The molecule has 7 heteroatoms. The number of hydrogen-bond donors (Lipinski definition) is 1. The van der Waals surface area contributed by atoms with Gasteiger partial charge >= 0.3 is 0 Å². The number of piperazine rings is 1. The molecule has 2 aliphatic heterocycles. The van der Waals surface area contributed by atoms with Crippen LogP contribution in [0.5, 0.6) is 0 Å². The molecule has 0 bridgehead atoms. The topological polar surface area (TPSA) is 55.9 Å². The van der Waals surface area contributed by atoms with Gasteiger partial charge in [-0.2, -0.15) is 4.31 Å². The van der Waals surface area contributed by atoms with Crippen molar-refractivity contribution in [3.8, 4) is 0 Å². The summed E-state index contributed by atoms with van der Waals surface area (Å²) in [5, 5.41) is 3.41. The SMILES string of the molecule is CC(C)(C)c1ccc(S(=O)(=O)N2CCNC2N2CCN(CC3CC3)CC2)cc1. The van der Waals surface area contributed by atoms with Crippen molar-refractivity contribution < 1.29 is 8.42 Å². The Morgan fingerprint density at radius 2 is 1.64 bits per heavy atom. The Morgan fingerprint density at radius 3 is 2.21 bits per heavy atom. The number of rotatable bonds is 5. The molecule has 0 amide bonds. The molecule has 2 saturated heterocycles. The van der Waals surface area contributed by atoms with E-state index in [1.807, 2.05) is 12.1 Å². The van der Waals surface area contributed by atoms with E-state index in [-0.39, 0.29) is 11.7 Å². The molecule has 1 aliphatic carbocycles. The predicted octanol–water partition coefficient (Wildman–Crippen LogP) is 1.89. The average Bonchev–Trinajstić information content (AvgIpc) is 3.33. The van der Waals surface area contributed by atoms with Crippen LogP contribution in [0.3, 0.4) is 0 Å². The fourth-order valence-corrected chi connectivity index (χ4v) is 5.76. The molecule has 1 unspecified atom stereocenters. The van der Waals surface area contributed by atoms with Gasteiger partial charge in [0.25, 0.3) is 0 Å². The van der Waals surface area contributed by atoms with Gasteiger partial charge in [-0.1, -0.05) is 32.9 Å². The van der Waals surface area contributed by atoms with Crippen molar-refractivity contribution in [3.05, 3.63) is 29.8 Å². The molecule has 1 saturated carbocycles. The molecule has 2 heterocycles. The van der Waals surface area contributed by atoms with Crippen molar-refractivity contribution in [3.63, 3.8) is 0 Å². The molecule has 1 N–H and O–H groups in total. The molecule has 156 valence electrons. The zero-order valence-corrected chi connectivity index (χ0v) is 18.2. The van der Waals surface area contributed by atoms with Gasteiger partial charge in [-0.25, -0.2) is 8.42 Å². The van der Waals surface area contributed by atoms with Crippen LogP contribution in [0, 0.1) is 5.92 Å². The lowest BCUT2D eigenvalue weighted by atomic mass is 9.87. The Hall–Kier alpha value is -0.990. The van der Waals surface area contributed by atoms with Gasteiger partial charge in [0.15, 0.2) is 0 Å². The second kappa shape index (κ2) is 7.69. The Labute approximate surface area is 169 Å². The molecule has 1 aromatic rings. The van der Waals surface area contributed by atoms with Crippen molar-refractivity contribution >= 4 is 10.0 Å². The van der Waals surface area contributed by atoms with E-state index in [0.717, 1.165) is 37.7 Å². The molecule has 6 nitrogen and oxygen atoms in total. The minimum absolute atomic E-state index is 0.0141. The summed E-state index contributed by atoms with van der Waals surface area (Å²) in [5.41, 5.74) is 1.16. The average molecular weight is 407 g/mol. The molecule has 3 fully saturated rings. The van der Waals surface area contributed by atoms with Gasteiger partial charge < -0.3 is 4.90 Å². The van der Waals surface area contributed by atoms with Gasteiger partial charge in [-0.15, -0.1) is 0 Å². The zero-order chi connectivity index (χ0) is 19.9. The number of sulfonamides is 1. The fourth-order valence-electron chi connectivity index (χ4n) is 4.21. The summed E-state index contributed by atoms with van der Waals surface area (Å²) < 4.78 is 28.3. The van der Waals surface area contributed by atoms with E-state index in [2.05, 4.69) is 35.9 Å². The van der Waals surface area contributed by atoms with Gasteiger partial charge in [0.2, 0.25) is 10.0 Å². The highest BCUT2D eigenvalue weighted by molar-refractivity contribution is 7.89. The summed E-state index contributed by atoms with van der Waals surface area (Å²) in [6.45, 7) is 12.8. The minimum Gasteiger partial charge on any atom is -0.301 e. The highest BCUT2D eigenvalue weighted by Gasteiger charge is 2.39. The molecule has 4 rings (SSSR count). The van der Waals surface area contributed by atoms with E-state index in [1.165, 1.54) is 19.4 Å². The van der Waals surface area contributed by atoms with Crippen molar-refractivity contribution in [2.24, 2.45) is 5.92 Å². The third kappa shape index (κ3) is 4.28. The summed E-state index contributed by atoms with van der Waals surface area (Å²) in [7, 11) is -3.51. The van der Waals surface area contributed by atoms with E-state index in [0.29, 0.717) is 18.0 Å². The summed E-state index contributed by atoms with van der Waals surface area (Å²) in [4.78, 5) is 5.21. The molecule has 0 spiro atoms. The minimum atomic E-state index is -3.51. The van der Waals surface area contributed by atoms with Gasteiger partial charge in [0.1, 0.15) is 6.29 Å². The van der Waals surface area contributed by atoms with Crippen molar-refractivity contribution in [2.75, 3.05) is 45.8 Å². The van der Waals surface area contributed by atoms with Crippen LogP contribution < -0.4 is 5.32 Å². The number of nitrogens with zero attached hydrogens (tertiary/aromatic N) is 3. The van der Waals surface area contributed by atoms with Crippen molar-refractivity contribution in [2.45, 2.75) is 50.2 Å². The molecular weight excluding hydrogens is 372 g/mol. The van der Waals surface area contributed by atoms with E-state index < -0.39 is 10.0 Å². The lowest BCUT2D eigenvalue weighted by Crippen LogP contribution is -2.58. The van der Waals surface area contributed by atoms with Gasteiger partial charge in [0, 0.05) is 45.8 Å². The summed E-state index contributed by atoms with van der Waals surface area (Å²) in [6.07, 6.45) is 2.53. The molecule has 3 aliphatic rings. The van der Waals surface area contributed by atoms with E-state index in [9.17, 15) is 8.42 Å². The van der Waals surface area contributed by atoms with Crippen LogP contribution in [0.15, 0.2) is 29.2 Å². The summed E-state index contributed by atoms with van der Waals surface area (Å²) >= 11 is 0. The van der Waals surface area contributed by atoms with E-state index in [1.54, 1.807) is 16.4 Å². The second-order valence-electron chi connectivity index (χ2n) is 9.50. The van der Waals surface area contributed by atoms with Crippen LogP contribution in [-0.4, -0.2) is 74.6 Å². The molecule has 1 aromatic carbocycles. The second-order valence-corrected chi connectivity index (χ2v) is 11.4.